The molecule has 0 radical (unpaired) electrons. The fourth-order valence-electron chi connectivity index (χ4n) is 1.87. The van der Waals surface area contributed by atoms with E-state index in [9.17, 15) is 8.42 Å². The summed E-state index contributed by atoms with van der Waals surface area (Å²) in [7, 11) is -0.458. The molecule has 0 bridgehead atoms. The average molecular weight is 305 g/mol. The number of nitrogens with two attached hydrogens (primary N) is 1. The molecular formula is C15H19N3O2S. The highest BCUT2D eigenvalue weighted by Gasteiger charge is 2.20. The summed E-state index contributed by atoms with van der Waals surface area (Å²) in [4.78, 5) is 0.248. The van der Waals surface area contributed by atoms with E-state index >= 15 is 0 Å². The SMILES string of the molecule is CN(C)S(=O)(=O)c1ccccc1Nc1ccc(CN)cc1. The number of benzene rings is 2. The smallest absolute Gasteiger partial charge is 0.244 e. The average Bonchev–Trinajstić information content (AvgIpc) is 2.48. The minimum Gasteiger partial charge on any atom is -0.354 e. The monoisotopic (exact) mass is 305 g/mol. The fourth-order valence-corrected chi connectivity index (χ4v) is 2.91. The topological polar surface area (TPSA) is 75.4 Å². The second-order valence-corrected chi connectivity index (χ2v) is 6.93. The molecule has 0 amide bonds. The summed E-state index contributed by atoms with van der Waals surface area (Å²) in [5.41, 5.74) is 7.95. The van der Waals surface area contributed by atoms with E-state index in [1.54, 1.807) is 24.3 Å². The number of sulfonamides is 1. The van der Waals surface area contributed by atoms with Gasteiger partial charge in [0.1, 0.15) is 4.90 Å². The van der Waals surface area contributed by atoms with Crippen LogP contribution in [-0.2, 0) is 16.6 Å². The Morgan fingerprint density at radius 3 is 2.24 bits per heavy atom. The molecule has 0 saturated heterocycles. The van der Waals surface area contributed by atoms with Gasteiger partial charge in [0, 0.05) is 26.3 Å². The third kappa shape index (κ3) is 3.41. The molecule has 0 aromatic heterocycles. The summed E-state index contributed by atoms with van der Waals surface area (Å²) in [6, 6.07) is 14.4. The highest BCUT2D eigenvalue weighted by atomic mass is 32.2. The Morgan fingerprint density at radius 1 is 1.05 bits per heavy atom. The Labute approximate surface area is 125 Å². The van der Waals surface area contributed by atoms with Crippen LogP contribution in [0.4, 0.5) is 11.4 Å². The first-order valence-electron chi connectivity index (χ1n) is 6.52. The van der Waals surface area contributed by atoms with E-state index in [1.165, 1.54) is 18.4 Å². The van der Waals surface area contributed by atoms with E-state index in [2.05, 4.69) is 5.32 Å². The van der Waals surface area contributed by atoms with E-state index < -0.39 is 10.0 Å². The molecule has 0 heterocycles. The van der Waals surface area contributed by atoms with Gasteiger partial charge in [-0.2, -0.15) is 0 Å². The van der Waals surface area contributed by atoms with Crippen LogP contribution in [0.25, 0.3) is 0 Å². The van der Waals surface area contributed by atoms with Gasteiger partial charge in [0.25, 0.3) is 0 Å². The van der Waals surface area contributed by atoms with E-state index in [-0.39, 0.29) is 4.90 Å². The maximum absolute atomic E-state index is 12.3. The van der Waals surface area contributed by atoms with Crippen molar-refractivity contribution >= 4 is 21.4 Å². The molecule has 0 saturated carbocycles. The highest BCUT2D eigenvalue weighted by molar-refractivity contribution is 7.89. The summed E-state index contributed by atoms with van der Waals surface area (Å²) in [5.74, 6) is 0. The standard InChI is InChI=1S/C15H19N3O2S/c1-18(2)21(19,20)15-6-4-3-5-14(15)17-13-9-7-12(11-16)8-10-13/h3-10,17H,11,16H2,1-2H3. The van der Waals surface area contributed by atoms with Crippen molar-refractivity contribution in [1.29, 1.82) is 0 Å². The molecule has 3 N–H and O–H groups in total. The third-order valence-corrected chi connectivity index (χ3v) is 4.99. The number of hydrogen-bond acceptors (Lipinski definition) is 4. The molecule has 2 rings (SSSR count). The van der Waals surface area contributed by atoms with Gasteiger partial charge in [-0.15, -0.1) is 0 Å². The third-order valence-electron chi connectivity index (χ3n) is 3.11. The molecule has 2 aromatic rings. The molecule has 0 unspecified atom stereocenters. The van der Waals surface area contributed by atoms with Crippen LogP contribution < -0.4 is 11.1 Å². The van der Waals surface area contributed by atoms with Crippen molar-refractivity contribution in [2.75, 3.05) is 19.4 Å². The summed E-state index contributed by atoms with van der Waals surface area (Å²) in [6.45, 7) is 0.478. The van der Waals surface area contributed by atoms with Crippen LogP contribution >= 0.6 is 0 Å². The normalized spacial score (nSPS) is 11.6. The zero-order chi connectivity index (χ0) is 15.5. The van der Waals surface area contributed by atoms with Crippen LogP contribution in [0.15, 0.2) is 53.4 Å². The minimum atomic E-state index is -3.49. The van der Waals surface area contributed by atoms with Crippen molar-refractivity contribution in [1.82, 2.24) is 4.31 Å². The zero-order valence-electron chi connectivity index (χ0n) is 12.1. The number of rotatable bonds is 5. The maximum Gasteiger partial charge on any atom is 0.244 e. The van der Waals surface area contributed by atoms with E-state index in [1.807, 2.05) is 24.3 Å². The van der Waals surface area contributed by atoms with Gasteiger partial charge >= 0.3 is 0 Å². The Bertz CT molecular complexity index is 710. The maximum atomic E-state index is 12.3. The van der Waals surface area contributed by atoms with Gasteiger partial charge in [-0.05, 0) is 29.8 Å². The van der Waals surface area contributed by atoms with E-state index in [0.717, 1.165) is 11.3 Å². The molecule has 21 heavy (non-hydrogen) atoms. The van der Waals surface area contributed by atoms with Crippen molar-refractivity contribution in [3.05, 3.63) is 54.1 Å². The van der Waals surface area contributed by atoms with Crippen molar-refractivity contribution in [3.63, 3.8) is 0 Å². The largest absolute Gasteiger partial charge is 0.354 e. The lowest BCUT2D eigenvalue weighted by molar-refractivity contribution is 0.521. The number of hydrogen-bond donors (Lipinski definition) is 2. The van der Waals surface area contributed by atoms with Crippen LogP contribution in [0.2, 0.25) is 0 Å². The number of para-hydroxylation sites is 1. The van der Waals surface area contributed by atoms with Gasteiger partial charge in [0.05, 0.1) is 5.69 Å². The van der Waals surface area contributed by atoms with Gasteiger partial charge in [0.15, 0.2) is 0 Å². The molecular weight excluding hydrogens is 286 g/mol. The molecule has 5 nitrogen and oxygen atoms in total. The summed E-state index contributed by atoms with van der Waals surface area (Å²) >= 11 is 0. The predicted octanol–water partition coefficient (Wildman–Crippen LogP) is 2.14. The Morgan fingerprint density at radius 2 is 1.67 bits per heavy atom. The van der Waals surface area contributed by atoms with Gasteiger partial charge < -0.3 is 11.1 Å². The highest BCUT2D eigenvalue weighted by Crippen LogP contribution is 2.26. The predicted molar refractivity (Wildman–Crippen MR) is 84.9 cm³/mol. The molecule has 0 aliphatic heterocycles. The summed E-state index contributed by atoms with van der Waals surface area (Å²) in [5, 5.41) is 3.14. The van der Waals surface area contributed by atoms with Crippen LogP contribution in [-0.4, -0.2) is 26.8 Å². The Balaban J connectivity index is 2.36. The molecule has 0 aliphatic rings. The Kier molecular flexibility index (Phi) is 4.62. The summed E-state index contributed by atoms with van der Waals surface area (Å²) < 4.78 is 25.8. The molecule has 0 atom stereocenters. The number of nitrogens with zero attached hydrogens (tertiary/aromatic N) is 1. The fraction of sp³-hybridized carbons (Fsp3) is 0.200. The second kappa shape index (κ2) is 6.26. The van der Waals surface area contributed by atoms with Gasteiger partial charge in [-0.1, -0.05) is 24.3 Å². The molecule has 6 heteroatoms. The van der Waals surface area contributed by atoms with Crippen LogP contribution in [0.5, 0.6) is 0 Å². The van der Waals surface area contributed by atoms with E-state index in [0.29, 0.717) is 12.2 Å². The Hall–Kier alpha value is -1.89. The van der Waals surface area contributed by atoms with Crippen LogP contribution in [0.3, 0.4) is 0 Å². The molecule has 0 fully saturated rings. The lowest BCUT2D eigenvalue weighted by Crippen LogP contribution is -2.23. The number of anilines is 2. The first kappa shape index (κ1) is 15.5. The quantitative estimate of drug-likeness (QED) is 0.887. The lowest BCUT2D eigenvalue weighted by atomic mass is 10.2. The molecule has 2 aromatic carbocycles. The second-order valence-electron chi connectivity index (χ2n) is 4.81. The molecule has 0 spiro atoms. The van der Waals surface area contributed by atoms with E-state index in [4.69, 9.17) is 5.73 Å². The van der Waals surface area contributed by atoms with Crippen molar-refractivity contribution in [2.45, 2.75) is 11.4 Å². The number of nitrogens with one attached hydrogen (secondary N) is 1. The van der Waals surface area contributed by atoms with Crippen molar-refractivity contribution in [2.24, 2.45) is 5.73 Å². The van der Waals surface area contributed by atoms with Crippen molar-refractivity contribution in [3.8, 4) is 0 Å². The van der Waals surface area contributed by atoms with Crippen LogP contribution in [0.1, 0.15) is 5.56 Å². The van der Waals surface area contributed by atoms with Gasteiger partial charge in [-0.25, -0.2) is 12.7 Å². The summed E-state index contributed by atoms with van der Waals surface area (Å²) in [6.07, 6.45) is 0. The van der Waals surface area contributed by atoms with Gasteiger partial charge in [-0.3, -0.25) is 0 Å². The minimum absolute atomic E-state index is 0.248. The lowest BCUT2D eigenvalue weighted by Gasteiger charge is -2.16. The molecule has 112 valence electrons. The molecule has 0 aliphatic carbocycles. The van der Waals surface area contributed by atoms with Gasteiger partial charge in [0.2, 0.25) is 10.0 Å². The first-order chi connectivity index (χ1) is 9.95. The van der Waals surface area contributed by atoms with Crippen LogP contribution in [0, 0.1) is 0 Å². The van der Waals surface area contributed by atoms with Crippen molar-refractivity contribution < 1.29 is 8.42 Å². The zero-order valence-corrected chi connectivity index (χ0v) is 12.9. The first-order valence-corrected chi connectivity index (χ1v) is 7.97.